The number of benzene rings is 2. The number of hydrogen-bond acceptors (Lipinski definition) is 4. The van der Waals surface area contributed by atoms with Gasteiger partial charge in [0.2, 0.25) is 5.91 Å². The molecule has 1 N–H and O–H groups in total. The van der Waals surface area contributed by atoms with Crippen molar-refractivity contribution < 1.29 is 18.7 Å². The van der Waals surface area contributed by atoms with Crippen LogP contribution in [0.1, 0.15) is 23.4 Å². The van der Waals surface area contributed by atoms with Crippen molar-refractivity contribution in [1.82, 2.24) is 4.90 Å². The van der Waals surface area contributed by atoms with Crippen molar-refractivity contribution in [3.8, 4) is 11.5 Å². The van der Waals surface area contributed by atoms with Crippen LogP contribution in [0.2, 0.25) is 5.02 Å². The van der Waals surface area contributed by atoms with Gasteiger partial charge in [0.15, 0.2) is 5.76 Å². The molecule has 0 spiro atoms. The van der Waals surface area contributed by atoms with Crippen LogP contribution in [0.4, 0.5) is 5.69 Å². The second-order valence-electron chi connectivity index (χ2n) is 7.11. The number of ether oxygens (including phenoxy) is 1. The maximum atomic E-state index is 12.7. The van der Waals surface area contributed by atoms with Crippen molar-refractivity contribution in [1.29, 1.82) is 0 Å². The second-order valence-corrected chi connectivity index (χ2v) is 7.52. The molecule has 2 heterocycles. The molecule has 154 valence electrons. The molecule has 1 atom stereocenters. The summed E-state index contributed by atoms with van der Waals surface area (Å²) in [5, 5.41) is 3.45. The minimum Gasteiger partial charge on any atom is -0.459 e. The summed E-state index contributed by atoms with van der Waals surface area (Å²) < 4.78 is 11.0. The standard InChI is InChI=1S/C23H21ClN2O4/c24-19-6-1-2-7-20(19)30-18-11-9-17(10-12-18)25-22(27)16-5-3-13-26(15-16)23(28)21-8-4-14-29-21/h1-2,4,6-12,14,16H,3,5,13,15H2,(H,25,27)/t16-/m0/s1. The molecule has 4 rings (SSSR count). The smallest absolute Gasteiger partial charge is 0.289 e. The number of amides is 2. The molecule has 0 saturated carbocycles. The Morgan fingerprint density at radius 1 is 1.07 bits per heavy atom. The molecule has 7 heteroatoms. The van der Waals surface area contributed by atoms with Gasteiger partial charge in [-0.3, -0.25) is 9.59 Å². The Kier molecular flexibility index (Phi) is 6.05. The van der Waals surface area contributed by atoms with Gasteiger partial charge in [-0.2, -0.15) is 0 Å². The van der Waals surface area contributed by atoms with Crippen LogP contribution >= 0.6 is 11.6 Å². The van der Waals surface area contributed by atoms with E-state index in [1.54, 1.807) is 53.4 Å². The minimum atomic E-state index is -0.267. The van der Waals surface area contributed by atoms with Gasteiger partial charge in [0.05, 0.1) is 17.2 Å². The van der Waals surface area contributed by atoms with E-state index in [4.69, 9.17) is 20.8 Å². The fourth-order valence-electron chi connectivity index (χ4n) is 3.44. The summed E-state index contributed by atoms with van der Waals surface area (Å²) in [6.45, 7) is 0.996. The number of carbonyl (C=O) groups excluding carboxylic acids is 2. The first-order valence-electron chi connectivity index (χ1n) is 9.76. The molecule has 0 bridgehead atoms. The maximum Gasteiger partial charge on any atom is 0.289 e. The summed E-state index contributed by atoms with van der Waals surface area (Å²) in [4.78, 5) is 26.9. The number of para-hydroxylation sites is 1. The molecule has 0 unspecified atom stereocenters. The Balaban J connectivity index is 1.35. The molecule has 2 aromatic carbocycles. The fraction of sp³-hybridized carbons (Fsp3) is 0.217. The van der Waals surface area contributed by atoms with Crippen molar-refractivity contribution in [2.75, 3.05) is 18.4 Å². The molecule has 1 aliphatic heterocycles. The van der Waals surface area contributed by atoms with E-state index in [1.165, 1.54) is 6.26 Å². The van der Waals surface area contributed by atoms with E-state index in [9.17, 15) is 9.59 Å². The number of nitrogens with zero attached hydrogens (tertiary/aromatic N) is 1. The fourth-order valence-corrected chi connectivity index (χ4v) is 3.61. The van der Waals surface area contributed by atoms with Crippen LogP contribution in [0.5, 0.6) is 11.5 Å². The minimum absolute atomic E-state index is 0.105. The third-order valence-corrected chi connectivity index (χ3v) is 5.31. The summed E-state index contributed by atoms with van der Waals surface area (Å²) in [6.07, 6.45) is 2.98. The molecule has 1 aliphatic rings. The van der Waals surface area contributed by atoms with Crippen LogP contribution in [-0.2, 0) is 4.79 Å². The number of anilines is 1. The van der Waals surface area contributed by atoms with Gasteiger partial charge in [0.25, 0.3) is 5.91 Å². The first-order chi connectivity index (χ1) is 14.6. The summed E-state index contributed by atoms with van der Waals surface area (Å²) in [5.74, 6) is 0.931. The number of furan rings is 1. The van der Waals surface area contributed by atoms with Crippen molar-refractivity contribution in [2.24, 2.45) is 5.92 Å². The Labute approximate surface area is 179 Å². The van der Waals surface area contributed by atoms with Gasteiger partial charge in [-0.15, -0.1) is 0 Å². The zero-order valence-electron chi connectivity index (χ0n) is 16.2. The highest BCUT2D eigenvalue weighted by atomic mass is 35.5. The van der Waals surface area contributed by atoms with Crippen molar-refractivity contribution >= 4 is 29.1 Å². The highest BCUT2D eigenvalue weighted by molar-refractivity contribution is 6.32. The Morgan fingerprint density at radius 3 is 2.60 bits per heavy atom. The largest absolute Gasteiger partial charge is 0.459 e. The number of rotatable bonds is 5. The summed E-state index contributed by atoms with van der Waals surface area (Å²) in [5.41, 5.74) is 0.668. The first-order valence-corrected chi connectivity index (χ1v) is 10.1. The number of carbonyl (C=O) groups is 2. The molecule has 0 aliphatic carbocycles. The lowest BCUT2D eigenvalue weighted by Gasteiger charge is -2.31. The Morgan fingerprint density at radius 2 is 1.87 bits per heavy atom. The molecule has 2 amide bonds. The van der Waals surface area contributed by atoms with Gasteiger partial charge in [0.1, 0.15) is 11.5 Å². The number of halogens is 1. The van der Waals surface area contributed by atoms with Gasteiger partial charge in [0, 0.05) is 18.8 Å². The lowest BCUT2D eigenvalue weighted by Crippen LogP contribution is -2.43. The summed E-state index contributed by atoms with van der Waals surface area (Å²) in [7, 11) is 0. The Bertz CT molecular complexity index is 1020. The van der Waals surface area contributed by atoms with Gasteiger partial charge < -0.3 is 19.4 Å². The number of piperidine rings is 1. The predicted octanol–water partition coefficient (Wildman–Crippen LogP) is 5.22. The molecular formula is C23H21ClN2O4. The number of likely N-dealkylation sites (tertiary alicyclic amines) is 1. The van der Waals surface area contributed by atoms with Gasteiger partial charge in [-0.1, -0.05) is 23.7 Å². The van der Waals surface area contributed by atoms with Crippen LogP contribution in [0.25, 0.3) is 0 Å². The van der Waals surface area contributed by atoms with E-state index in [1.807, 2.05) is 12.1 Å². The van der Waals surface area contributed by atoms with E-state index < -0.39 is 0 Å². The van der Waals surface area contributed by atoms with Crippen molar-refractivity contribution in [3.63, 3.8) is 0 Å². The summed E-state index contributed by atoms with van der Waals surface area (Å²) >= 11 is 6.11. The topological polar surface area (TPSA) is 71.8 Å². The Hall–Kier alpha value is -3.25. The van der Waals surface area contributed by atoms with Crippen LogP contribution in [-0.4, -0.2) is 29.8 Å². The SMILES string of the molecule is O=C(Nc1ccc(Oc2ccccc2Cl)cc1)[C@H]1CCCN(C(=O)c2ccco2)C1. The molecule has 30 heavy (non-hydrogen) atoms. The van der Waals surface area contributed by atoms with Gasteiger partial charge in [-0.05, 0) is 61.4 Å². The summed E-state index contributed by atoms with van der Waals surface area (Å²) in [6, 6.07) is 17.6. The molecule has 1 aromatic heterocycles. The highest BCUT2D eigenvalue weighted by Crippen LogP contribution is 2.29. The van der Waals surface area contributed by atoms with Crippen molar-refractivity contribution in [2.45, 2.75) is 12.8 Å². The third-order valence-electron chi connectivity index (χ3n) is 5.00. The quantitative estimate of drug-likeness (QED) is 0.609. The molecule has 3 aromatic rings. The lowest BCUT2D eigenvalue weighted by atomic mass is 9.96. The maximum absolute atomic E-state index is 12.7. The van der Waals surface area contributed by atoms with E-state index >= 15 is 0 Å². The predicted molar refractivity (Wildman–Crippen MR) is 114 cm³/mol. The van der Waals surface area contributed by atoms with E-state index in [0.29, 0.717) is 41.1 Å². The molecule has 1 fully saturated rings. The number of hydrogen-bond donors (Lipinski definition) is 1. The average Bonchev–Trinajstić information content (AvgIpc) is 3.31. The molecule has 0 radical (unpaired) electrons. The molecule has 6 nitrogen and oxygen atoms in total. The second kappa shape index (κ2) is 9.05. The van der Waals surface area contributed by atoms with Gasteiger partial charge >= 0.3 is 0 Å². The zero-order valence-corrected chi connectivity index (χ0v) is 17.0. The average molecular weight is 425 g/mol. The molecular weight excluding hydrogens is 404 g/mol. The van der Waals surface area contributed by atoms with Gasteiger partial charge in [-0.25, -0.2) is 0 Å². The van der Waals surface area contributed by atoms with Crippen LogP contribution < -0.4 is 10.1 Å². The zero-order chi connectivity index (χ0) is 20.9. The van der Waals surface area contributed by atoms with E-state index in [0.717, 1.165) is 12.8 Å². The first kappa shape index (κ1) is 20.0. The lowest BCUT2D eigenvalue weighted by molar-refractivity contribution is -0.121. The van der Waals surface area contributed by atoms with Crippen LogP contribution in [0.15, 0.2) is 71.3 Å². The third kappa shape index (κ3) is 4.66. The molecule has 1 saturated heterocycles. The number of nitrogens with one attached hydrogen (secondary N) is 1. The normalized spacial score (nSPS) is 16.2. The van der Waals surface area contributed by atoms with Crippen LogP contribution in [0.3, 0.4) is 0 Å². The van der Waals surface area contributed by atoms with E-state index in [2.05, 4.69) is 5.32 Å². The highest BCUT2D eigenvalue weighted by Gasteiger charge is 2.29. The van der Waals surface area contributed by atoms with E-state index in [-0.39, 0.29) is 17.7 Å². The van der Waals surface area contributed by atoms with Crippen LogP contribution in [0, 0.1) is 5.92 Å². The van der Waals surface area contributed by atoms with Crippen molar-refractivity contribution in [3.05, 3.63) is 77.7 Å². The monoisotopic (exact) mass is 424 g/mol.